The van der Waals surface area contributed by atoms with Crippen LogP contribution in [-0.2, 0) is 9.59 Å². The second-order valence-corrected chi connectivity index (χ2v) is 3.15. The summed E-state index contributed by atoms with van der Waals surface area (Å²) >= 11 is 0. The first kappa shape index (κ1) is 11.8. The maximum atomic E-state index is 11.2. The molecule has 0 spiro atoms. The first-order chi connectivity index (χ1) is 7.59. The lowest BCUT2D eigenvalue weighted by molar-refractivity contribution is -0.140. The maximum Gasteiger partial charge on any atom is 0.325 e. The van der Waals surface area contributed by atoms with E-state index in [0.29, 0.717) is 5.56 Å². The van der Waals surface area contributed by atoms with Crippen LogP contribution in [0.25, 0.3) is 0 Å². The number of carbonyl (C=O) groups is 2. The number of carboxylic acid groups (broad SMARTS) is 1. The Morgan fingerprint density at radius 3 is 2.50 bits per heavy atom. The molecule has 0 fully saturated rings. The topological polar surface area (TPSA) is 66.4 Å². The van der Waals surface area contributed by atoms with Gasteiger partial charge in [0.1, 0.15) is 6.04 Å². The molecule has 1 unspecified atom stereocenters. The summed E-state index contributed by atoms with van der Waals surface area (Å²) in [6.07, 6.45) is 0. The van der Waals surface area contributed by atoms with E-state index < -0.39 is 17.9 Å². The van der Waals surface area contributed by atoms with Crippen LogP contribution in [0.5, 0.6) is 0 Å². The highest BCUT2D eigenvalue weighted by Gasteiger charge is 2.11. The Hall–Kier alpha value is -2.28. The summed E-state index contributed by atoms with van der Waals surface area (Å²) in [5.74, 6) is 3.27. The lowest BCUT2D eigenvalue weighted by Gasteiger charge is -2.04. The van der Waals surface area contributed by atoms with Gasteiger partial charge in [0.2, 0.25) is 0 Å². The van der Waals surface area contributed by atoms with E-state index in [-0.39, 0.29) is 0 Å². The van der Waals surface area contributed by atoms with E-state index in [1.165, 1.54) is 6.92 Å². The second kappa shape index (κ2) is 5.56. The van der Waals surface area contributed by atoms with Crippen LogP contribution in [0.15, 0.2) is 30.3 Å². The van der Waals surface area contributed by atoms with E-state index in [4.69, 9.17) is 5.11 Å². The number of amides is 1. The molecule has 0 radical (unpaired) electrons. The third-order valence-electron chi connectivity index (χ3n) is 1.81. The van der Waals surface area contributed by atoms with Crippen molar-refractivity contribution in [3.8, 4) is 11.8 Å². The highest BCUT2D eigenvalue weighted by Crippen LogP contribution is 1.94. The van der Waals surface area contributed by atoms with Crippen molar-refractivity contribution in [3.05, 3.63) is 35.9 Å². The zero-order chi connectivity index (χ0) is 12.0. The molecule has 0 aliphatic heterocycles. The first-order valence-electron chi connectivity index (χ1n) is 4.70. The monoisotopic (exact) mass is 217 g/mol. The van der Waals surface area contributed by atoms with Gasteiger partial charge in [0.25, 0.3) is 5.91 Å². The summed E-state index contributed by atoms with van der Waals surface area (Å²) < 4.78 is 0. The number of benzene rings is 1. The predicted octanol–water partition coefficient (Wildman–Crippen LogP) is 0.627. The molecule has 1 amide bonds. The zero-order valence-electron chi connectivity index (χ0n) is 8.73. The molecule has 16 heavy (non-hydrogen) atoms. The number of carboxylic acids is 1. The molecule has 0 saturated carbocycles. The van der Waals surface area contributed by atoms with Crippen molar-refractivity contribution >= 4 is 11.9 Å². The minimum absolute atomic E-state index is 0.598. The van der Waals surface area contributed by atoms with Crippen LogP contribution in [-0.4, -0.2) is 23.0 Å². The van der Waals surface area contributed by atoms with Gasteiger partial charge in [-0.25, -0.2) is 0 Å². The van der Waals surface area contributed by atoms with Crippen molar-refractivity contribution in [1.82, 2.24) is 5.32 Å². The smallest absolute Gasteiger partial charge is 0.325 e. The third-order valence-corrected chi connectivity index (χ3v) is 1.81. The average Bonchev–Trinajstić information content (AvgIpc) is 2.27. The van der Waals surface area contributed by atoms with E-state index in [9.17, 15) is 9.59 Å². The number of carbonyl (C=O) groups excluding carboxylic acids is 1. The lowest BCUT2D eigenvalue weighted by atomic mass is 10.2. The minimum Gasteiger partial charge on any atom is -0.480 e. The Labute approximate surface area is 93.3 Å². The molecule has 2 N–H and O–H groups in total. The van der Waals surface area contributed by atoms with Crippen molar-refractivity contribution in [2.45, 2.75) is 13.0 Å². The summed E-state index contributed by atoms with van der Waals surface area (Å²) in [5.41, 5.74) is 0.709. The third kappa shape index (κ3) is 3.84. The first-order valence-corrected chi connectivity index (χ1v) is 4.70. The Bertz CT molecular complexity index is 442. The van der Waals surface area contributed by atoms with Gasteiger partial charge in [-0.15, -0.1) is 0 Å². The van der Waals surface area contributed by atoms with Crippen molar-refractivity contribution in [1.29, 1.82) is 0 Å². The van der Waals surface area contributed by atoms with Gasteiger partial charge in [-0.05, 0) is 19.1 Å². The van der Waals surface area contributed by atoms with E-state index >= 15 is 0 Å². The molecular formula is C12H11NO3. The van der Waals surface area contributed by atoms with Crippen molar-refractivity contribution in [2.75, 3.05) is 0 Å². The molecule has 0 heterocycles. The van der Waals surface area contributed by atoms with Crippen LogP contribution in [0.1, 0.15) is 12.5 Å². The molecule has 0 aliphatic rings. The quantitative estimate of drug-likeness (QED) is 0.714. The van der Waals surface area contributed by atoms with Gasteiger partial charge in [-0.2, -0.15) is 0 Å². The summed E-state index contributed by atoms with van der Waals surface area (Å²) in [6, 6.07) is 8.06. The Kier molecular flexibility index (Phi) is 4.10. The van der Waals surface area contributed by atoms with Gasteiger partial charge in [-0.1, -0.05) is 24.1 Å². The molecule has 1 rings (SSSR count). The molecule has 4 nitrogen and oxygen atoms in total. The molecule has 82 valence electrons. The van der Waals surface area contributed by atoms with Crippen LogP contribution in [0.2, 0.25) is 0 Å². The number of hydrogen-bond acceptors (Lipinski definition) is 2. The number of hydrogen-bond donors (Lipinski definition) is 2. The molecule has 1 aromatic rings. The summed E-state index contributed by atoms with van der Waals surface area (Å²) in [6.45, 7) is 1.38. The number of aliphatic carboxylic acids is 1. The van der Waals surface area contributed by atoms with Crippen LogP contribution in [0.4, 0.5) is 0 Å². The summed E-state index contributed by atoms with van der Waals surface area (Å²) in [5, 5.41) is 10.8. The van der Waals surface area contributed by atoms with E-state index in [0.717, 1.165) is 0 Å². The van der Waals surface area contributed by atoms with Crippen molar-refractivity contribution < 1.29 is 14.7 Å². The standard InChI is InChI=1S/C12H11NO3/c1-9(12(15)16)13-11(14)8-7-10-5-3-2-4-6-10/h2-6,9H,1H3,(H,13,14)(H,15,16). The second-order valence-electron chi connectivity index (χ2n) is 3.15. The normalized spacial score (nSPS) is 10.8. The van der Waals surface area contributed by atoms with Crippen LogP contribution >= 0.6 is 0 Å². The molecule has 0 aromatic heterocycles. The summed E-state index contributed by atoms with van der Waals surface area (Å²) in [7, 11) is 0. The van der Waals surface area contributed by atoms with Gasteiger partial charge >= 0.3 is 5.97 Å². The van der Waals surface area contributed by atoms with Crippen LogP contribution < -0.4 is 5.32 Å². The van der Waals surface area contributed by atoms with E-state index in [1.807, 2.05) is 18.2 Å². The molecular weight excluding hydrogens is 206 g/mol. The molecule has 4 heteroatoms. The average molecular weight is 217 g/mol. The largest absolute Gasteiger partial charge is 0.480 e. The van der Waals surface area contributed by atoms with Gasteiger partial charge in [-0.3, -0.25) is 9.59 Å². The molecule has 1 atom stereocenters. The van der Waals surface area contributed by atoms with E-state index in [1.54, 1.807) is 12.1 Å². The van der Waals surface area contributed by atoms with Crippen LogP contribution in [0.3, 0.4) is 0 Å². The van der Waals surface area contributed by atoms with Crippen molar-refractivity contribution in [3.63, 3.8) is 0 Å². The SMILES string of the molecule is CC(NC(=O)C#Cc1ccccc1)C(=O)O. The van der Waals surface area contributed by atoms with Gasteiger partial charge < -0.3 is 10.4 Å². The fraction of sp³-hybridized carbons (Fsp3) is 0.167. The van der Waals surface area contributed by atoms with Gasteiger partial charge in [0, 0.05) is 11.5 Å². The Balaban J connectivity index is 2.59. The van der Waals surface area contributed by atoms with Gasteiger partial charge in [0.05, 0.1) is 0 Å². The maximum absolute atomic E-state index is 11.2. The zero-order valence-corrected chi connectivity index (χ0v) is 8.73. The highest BCUT2D eigenvalue weighted by molar-refractivity contribution is 5.96. The van der Waals surface area contributed by atoms with Crippen LogP contribution in [0, 0.1) is 11.8 Å². The molecule has 0 bridgehead atoms. The fourth-order valence-electron chi connectivity index (χ4n) is 0.945. The minimum atomic E-state index is -1.09. The number of nitrogens with one attached hydrogen (secondary N) is 1. The fourth-order valence-corrected chi connectivity index (χ4v) is 0.945. The Morgan fingerprint density at radius 1 is 1.31 bits per heavy atom. The van der Waals surface area contributed by atoms with E-state index in [2.05, 4.69) is 17.2 Å². The Morgan fingerprint density at radius 2 is 1.94 bits per heavy atom. The van der Waals surface area contributed by atoms with Gasteiger partial charge in [0.15, 0.2) is 0 Å². The molecule has 0 saturated heterocycles. The predicted molar refractivity (Wildman–Crippen MR) is 58.6 cm³/mol. The lowest BCUT2D eigenvalue weighted by Crippen LogP contribution is -2.37. The summed E-state index contributed by atoms with van der Waals surface area (Å²) in [4.78, 5) is 21.6. The van der Waals surface area contributed by atoms with Crippen molar-refractivity contribution in [2.24, 2.45) is 0 Å². The highest BCUT2D eigenvalue weighted by atomic mass is 16.4. The number of rotatable bonds is 2. The molecule has 0 aliphatic carbocycles. The molecule has 1 aromatic carbocycles.